The Kier molecular flexibility index (Phi) is 6.15. The van der Waals surface area contributed by atoms with E-state index in [2.05, 4.69) is 5.32 Å². The number of likely N-dealkylation sites (N-methyl/N-ethyl adjacent to an activating group) is 1. The highest BCUT2D eigenvalue weighted by Crippen LogP contribution is 2.20. The molecule has 0 spiro atoms. The van der Waals surface area contributed by atoms with Gasteiger partial charge in [-0.1, -0.05) is 19.1 Å². The molecule has 19 heavy (non-hydrogen) atoms. The summed E-state index contributed by atoms with van der Waals surface area (Å²) < 4.78 is 5.11. The molecule has 0 aliphatic heterocycles. The van der Waals surface area contributed by atoms with Gasteiger partial charge in [-0.25, -0.2) is 4.79 Å². The fourth-order valence-electron chi connectivity index (χ4n) is 1.77. The number of amides is 2. The second kappa shape index (κ2) is 7.63. The van der Waals surface area contributed by atoms with E-state index in [1.54, 1.807) is 14.2 Å². The highest BCUT2D eigenvalue weighted by molar-refractivity contribution is 5.74. The average Bonchev–Trinajstić information content (AvgIpc) is 2.45. The maximum absolute atomic E-state index is 11.9. The van der Waals surface area contributed by atoms with E-state index in [-0.39, 0.29) is 18.7 Å². The molecule has 1 rings (SSSR count). The Hall–Kier alpha value is -1.75. The number of aliphatic hydroxyl groups excluding tert-OH is 1. The summed E-state index contributed by atoms with van der Waals surface area (Å²) >= 11 is 0. The van der Waals surface area contributed by atoms with Gasteiger partial charge < -0.3 is 20.1 Å². The predicted molar refractivity (Wildman–Crippen MR) is 74.3 cm³/mol. The molecule has 1 atom stereocenters. The maximum Gasteiger partial charge on any atom is 0.317 e. The number of aliphatic hydroxyl groups is 1. The summed E-state index contributed by atoms with van der Waals surface area (Å²) in [5, 5.41) is 11.8. The van der Waals surface area contributed by atoms with Gasteiger partial charge in [-0.05, 0) is 24.1 Å². The van der Waals surface area contributed by atoms with Gasteiger partial charge in [0.25, 0.3) is 0 Å². The van der Waals surface area contributed by atoms with Gasteiger partial charge in [0.05, 0.1) is 19.8 Å². The molecule has 0 bridgehead atoms. The zero-order chi connectivity index (χ0) is 14.3. The number of ether oxygens (including phenoxy) is 1. The monoisotopic (exact) mass is 266 g/mol. The molecule has 1 unspecified atom stereocenters. The van der Waals surface area contributed by atoms with E-state index in [1.807, 2.05) is 31.2 Å². The Morgan fingerprint density at radius 2 is 2.05 bits per heavy atom. The van der Waals surface area contributed by atoms with Gasteiger partial charge in [-0.3, -0.25) is 0 Å². The van der Waals surface area contributed by atoms with Crippen molar-refractivity contribution >= 4 is 6.03 Å². The van der Waals surface area contributed by atoms with Crippen LogP contribution in [-0.4, -0.2) is 43.3 Å². The number of methoxy groups -OCH3 is 1. The molecular formula is C14H22N2O3. The molecule has 0 aromatic heterocycles. The van der Waals surface area contributed by atoms with Crippen LogP contribution in [0.25, 0.3) is 0 Å². The number of nitrogens with zero attached hydrogens (tertiary/aromatic N) is 1. The van der Waals surface area contributed by atoms with Gasteiger partial charge in [0, 0.05) is 13.6 Å². The third-order valence-corrected chi connectivity index (χ3v) is 3.01. The molecule has 0 fully saturated rings. The summed E-state index contributed by atoms with van der Waals surface area (Å²) in [7, 11) is 3.28. The minimum absolute atomic E-state index is 0.0384. The number of hydrogen-bond donors (Lipinski definition) is 2. The quantitative estimate of drug-likeness (QED) is 0.825. The highest BCUT2D eigenvalue weighted by Gasteiger charge is 2.15. The van der Waals surface area contributed by atoms with Crippen LogP contribution in [0.5, 0.6) is 5.75 Å². The van der Waals surface area contributed by atoms with Crippen molar-refractivity contribution in [2.75, 3.05) is 27.3 Å². The second-order valence-corrected chi connectivity index (χ2v) is 4.33. The summed E-state index contributed by atoms with van der Waals surface area (Å²) in [5.74, 6) is 0.794. The maximum atomic E-state index is 11.9. The largest absolute Gasteiger partial charge is 0.497 e. The standard InChI is InChI=1S/C14H22N2O3/c1-4-13(15-14(18)16(2)9-10-17)11-5-7-12(19-3)8-6-11/h5-8,13,17H,4,9-10H2,1-3H3,(H,15,18). The first-order valence-corrected chi connectivity index (χ1v) is 6.38. The number of urea groups is 1. The van der Waals surface area contributed by atoms with Crippen LogP contribution in [0.1, 0.15) is 24.9 Å². The van der Waals surface area contributed by atoms with Gasteiger partial charge in [0.2, 0.25) is 0 Å². The average molecular weight is 266 g/mol. The van der Waals surface area contributed by atoms with Gasteiger partial charge in [0.1, 0.15) is 5.75 Å². The lowest BCUT2D eigenvalue weighted by Crippen LogP contribution is -2.40. The van der Waals surface area contributed by atoms with Crippen molar-refractivity contribution in [1.82, 2.24) is 10.2 Å². The van der Waals surface area contributed by atoms with E-state index < -0.39 is 0 Å². The van der Waals surface area contributed by atoms with Crippen LogP contribution in [0.4, 0.5) is 4.79 Å². The van der Waals surface area contributed by atoms with E-state index in [0.717, 1.165) is 17.7 Å². The van der Waals surface area contributed by atoms with Crippen LogP contribution in [0.15, 0.2) is 24.3 Å². The molecule has 106 valence electrons. The first-order valence-electron chi connectivity index (χ1n) is 6.38. The van der Waals surface area contributed by atoms with E-state index >= 15 is 0 Å². The van der Waals surface area contributed by atoms with Crippen LogP contribution in [0.3, 0.4) is 0 Å². The SMILES string of the molecule is CCC(NC(=O)N(C)CCO)c1ccc(OC)cc1. The smallest absolute Gasteiger partial charge is 0.317 e. The lowest BCUT2D eigenvalue weighted by atomic mass is 10.0. The van der Waals surface area contributed by atoms with Crippen molar-refractivity contribution < 1.29 is 14.6 Å². The van der Waals surface area contributed by atoms with Crippen molar-refractivity contribution in [2.24, 2.45) is 0 Å². The zero-order valence-corrected chi connectivity index (χ0v) is 11.7. The van der Waals surface area contributed by atoms with Crippen molar-refractivity contribution in [3.8, 4) is 5.75 Å². The first kappa shape index (κ1) is 15.3. The molecule has 5 heteroatoms. The number of rotatable bonds is 6. The van der Waals surface area contributed by atoms with E-state index in [1.165, 1.54) is 4.90 Å². The predicted octanol–water partition coefficient (Wildman–Crippen LogP) is 1.78. The lowest BCUT2D eigenvalue weighted by molar-refractivity contribution is 0.187. The molecule has 5 nitrogen and oxygen atoms in total. The van der Waals surface area contributed by atoms with Crippen molar-refractivity contribution in [3.63, 3.8) is 0 Å². The molecule has 0 aliphatic rings. The third kappa shape index (κ3) is 4.44. The molecule has 0 aliphatic carbocycles. The molecule has 0 saturated carbocycles. The van der Waals surface area contributed by atoms with Crippen LogP contribution < -0.4 is 10.1 Å². The second-order valence-electron chi connectivity index (χ2n) is 4.33. The number of benzene rings is 1. The van der Waals surface area contributed by atoms with Gasteiger partial charge >= 0.3 is 6.03 Å². The number of carbonyl (C=O) groups is 1. The number of carbonyl (C=O) groups excluding carboxylic acids is 1. The zero-order valence-electron chi connectivity index (χ0n) is 11.7. The van der Waals surface area contributed by atoms with E-state index in [4.69, 9.17) is 9.84 Å². The minimum Gasteiger partial charge on any atom is -0.497 e. The van der Waals surface area contributed by atoms with E-state index in [0.29, 0.717) is 6.54 Å². The summed E-state index contributed by atoms with van der Waals surface area (Å²) in [6.07, 6.45) is 0.797. The van der Waals surface area contributed by atoms with Crippen molar-refractivity contribution in [3.05, 3.63) is 29.8 Å². The fraction of sp³-hybridized carbons (Fsp3) is 0.500. The number of hydrogen-bond acceptors (Lipinski definition) is 3. The van der Waals surface area contributed by atoms with E-state index in [9.17, 15) is 4.79 Å². The minimum atomic E-state index is -0.184. The van der Waals surface area contributed by atoms with Gasteiger partial charge in [0.15, 0.2) is 0 Å². The first-order chi connectivity index (χ1) is 9.12. The highest BCUT2D eigenvalue weighted by atomic mass is 16.5. The fourth-order valence-corrected chi connectivity index (χ4v) is 1.77. The topological polar surface area (TPSA) is 61.8 Å². The van der Waals surface area contributed by atoms with Crippen molar-refractivity contribution in [2.45, 2.75) is 19.4 Å². The van der Waals surface area contributed by atoms with Crippen LogP contribution in [0.2, 0.25) is 0 Å². The molecule has 1 aromatic carbocycles. The Morgan fingerprint density at radius 1 is 1.42 bits per heavy atom. The molecular weight excluding hydrogens is 244 g/mol. The van der Waals surface area contributed by atoms with Crippen molar-refractivity contribution in [1.29, 1.82) is 0 Å². The Balaban J connectivity index is 2.69. The molecule has 0 saturated heterocycles. The Labute approximate surface area is 114 Å². The molecule has 2 N–H and O–H groups in total. The summed E-state index contributed by atoms with van der Waals surface area (Å²) in [4.78, 5) is 13.3. The summed E-state index contributed by atoms with van der Waals surface area (Å²) in [6, 6.07) is 7.42. The number of nitrogens with one attached hydrogen (secondary N) is 1. The normalized spacial score (nSPS) is 11.8. The molecule has 1 aromatic rings. The molecule has 2 amide bonds. The molecule has 0 radical (unpaired) electrons. The van der Waals surface area contributed by atoms with Gasteiger partial charge in [-0.15, -0.1) is 0 Å². The van der Waals surface area contributed by atoms with Gasteiger partial charge in [-0.2, -0.15) is 0 Å². The molecule has 0 heterocycles. The Bertz CT molecular complexity index is 392. The van der Waals surface area contributed by atoms with Crippen LogP contribution >= 0.6 is 0 Å². The third-order valence-electron chi connectivity index (χ3n) is 3.01. The van der Waals surface area contributed by atoms with Crippen LogP contribution in [0, 0.1) is 0 Å². The summed E-state index contributed by atoms with van der Waals surface area (Å²) in [6.45, 7) is 2.30. The lowest BCUT2D eigenvalue weighted by Gasteiger charge is -2.22. The summed E-state index contributed by atoms with van der Waals surface area (Å²) in [5.41, 5.74) is 1.04. The van der Waals surface area contributed by atoms with Crippen LogP contribution in [-0.2, 0) is 0 Å². The Morgan fingerprint density at radius 3 is 2.53 bits per heavy atom.